The number of carbonyl (C=O) groups excluding carboxylic acids is 1. The number of hydrogen-bond acceptors (Lipinski definition) is 6. The Labute approximate surface area is 128 Å². The summed E-state index contributed by atoms with van der Waals surface area (Å²) in [5, 5.41) is 5.33. The first-order valence-electron chi connectivity index (χ1n) is 6.81. The molecule has 0 amide bonds. The summed E-state index contributed by atoms with van der Waals surface area (Å²) >= 11 is 1.72. The summed E-state index contributed by atoms with van der Waals surface area (Å²) < 4.78 is 4.98. The van der Waals surface area contributed by atoms with Gasteiger partial charge in [-0.05, 0) is 31.4 Å². The zero-order chi connectivity index (χ0) is 15.2. The highest BCUT2D eigenvalue weighted by molar-refractivity contribution is 7.09. The van der Waals surface area contributed by atoms with E-state index in [1.165, 1.54) is 11.1 Å². The summed E-state index contributed by atoms with van der Waals surface area (Å²) in [5.41, 5.74) is 6.44. The van der Waals surface area contributed by atoms with Gasteiger partial charge in [-0.2, -0.15) is 0 Å². The van der Waals surface area contributed by atoms with Gasteiger partial charge < -0.3 is 15.8 Å². The van der Waals surface area contributed by atoms with Crippen LogP contribution in [0.2, 0.25) is 0 Å². The highest BCUT2D eigenvalue weighted by Gasteiger charge is 2.13. The van der Waals surface area contributed by atoms with Gasteiger partial charge in [-0.15, -0.1) is 11.3 Å². The van der Waals surface area contributed by atoms with E-state index in [2.05, 4.69) is 28.7 Å². The van der Waals surface area contributed by atoms with Crippen LogP contribution in [-0.2, 0) is 11.2 Å². The van der Waals surface area contributed by atoms with E-state index in [4.69, 9.17) is 10.5 Å². The lowest BCUT2D eigenvalue weighted by Gasteiger charge is -2.15. The molecule has 5 nitrogen and oxygen atoms in total. The number of nitrogens with zero attached hydrogens (tertiary/aromatic N) is 1. The summed E-state index contributed by atoms with van der Waals surface area (Å²) in [6.07, 6.45) is 2.38. The maximum absolute atomic E-state index is 11.8. The summed E-state index contributed by atoms with van der Waals surface area (Å²) in [6, 6.07) is 5.98. The van der Waals surface area contributed by atoms with E-state index in [0.717, 1.165) is 6.42 Å². The molecule has 0 aliphatic carbocycles. The fourth-order valence-electron chi connectivity index (χ4n) is 1.96. The molecule has 2 aromatic rings. The molecule has 3 N–H and O–H groups in total. The van der Waals surface area contributed by atoms with E-state index in [1.807, 2.05) is 6.07 Å². The fraction of sp³-hybridized carbons (Fsp3) is 0.333. The summed E-state index contributed by atoms with van der Waals surface area (Å²) in [4.78, 5) is 17.3. The Balaban J connectivity index is 2.06. The first kappa shape index (κ1) is 15.3. The molecule has 112 valence electrons. The van der Waals surface area contributed by atoms with Gasteiger partial charge in [0, 0.05) is 17.3 Å². The second-order valence-corrected chi connectivity index (χ2v) is 5.74. The van der Waals surface area contributed by atoms with Crippen molar-refractivity contribution in [2.45, 2.75) is 26.3 Å². The molecule has 1 unspecified atom stereocenters. The van der Waals surface area contributed by atoms with Gasteiger partial charge >= 0.3 is 5.97 Å². The molecule has 0 aromatic carbocycles. The van der Waals surface area contributed by atoms with Gasteiger partial charge in [0.2, 0.25) is 0 Å². The molecular weight excluding hydrogens is 286 g/mol. The number of nitrogens with one attached hydrogen (secondary N) is 1. The smallest absolute Gasteiger partial charge is 0.340 e. The number of hydrogen-bond donors (Lipinski definition) is 2. The topological polar surface area (TPSA) is 77.2 Å². The molecule has 0 spiro atoms. The lowest BCUT2D eigenvalue weighted by atomic mass is 10.2. The van der Waals surface area contributed by atoms with Crippen LogP contribution >= 0.6 is 11.3 Å². The monoisotopic (exact) mass is 305 g/mol. The van der Waals surface area contributed by atoms with Gasteiger partial charge in [0.15, 0.2) is 0 Å². The molecule has 1 atom stereocenters. The van der Waals surface area contributed by atoms with Crippen molar-refractivity contribution in [2.24, 2.45) is 0 Å². The molecule has 0 fully saturated rings. The van der Waals surface area contributed by atoms with Crippen LogP contribution in [0.4, 0.5) is 11.5 Å². The third kappa shape index (κ3) is 4.19. The first-order chi connectivity index (χ1) is 10.1. The SMILES string of the molecule is CCOC(=O)c1cc(NC(C)Cc2cccs2)ncc1N. The second-order valence-electron chi connectivity index (χ2n) is 4.71. The van der Waals surface area contributed by atoms with Crippen LogP contribution in [0.25, 0.3) is 0 Å². The second kappa shape index (κ2) is 7.08. The predicted molar refractivity (Wildman–Crippen MR) is 85.7 cm³/mol. The molecule has 6 heteroatoms. The molecule has 2 aromatic heterocycles. The van der Waals surface area contributed by atoms with E-state index in [-0.39, 0.29) is 6.04 Å². The van der Waals surface area contributed by atoms with Gasteiger partial charge in [-0.25, -0.2) is 9.78 Å². The molecule has 0 saturated heterocycles. The number of nitrogens with two attached hydrogens (primary N) is 1. The van der Waals surface area contributed by atoms with Crippen molar-refractivity contribution in [2.75, 3.05) is 17.7 Å². The predicted octanol–water partition coefficient (Wildman–Crippen LogP) is 2.95. The van der Waals surface area contributed by atoms with Crippen LogP contribution in [0, 0.1) is 0 Å². The van der Waals surface area contributed by atoms with E-state index in [1.54, 1.807) is 24.3 Å². The van der Waals surface area contributed by atoms with E-state index < -0.39 is 5.97 Å². The number of ether oxygens (including phenoxy) is 1. The molecule has 0 saturated carbocycles. The molecule has 2 heterocycles. The lowest BCUT2D eigenvalue weighted by molar-refractivity contribution is 0.0527. The van der Waals surface area contributed by atoms with Gasteiger partial charge in [0.05, 0.1) is 24.1 Å². The molecule has 0 aliphatic rings. The minimum absolute atomic E-state index is 0.204. The maximum atomic E-state index is 11.8. The molecule has 0 bridgehead atoms. The lowest BCUT2D eigenvalue weighted by Crippen LogP contribution is -2.19. The van der Waals surface area contributed by atoms with Crippen molar-refractivity contribution < 1.29 is 9.53 Å². The Morgan fingerprint density at radius 3 is 3.05 bits per heavy atom. The van der Waals surface area contributed by atoms with Crippen molar-refractivity contribution in [3.8, 4) is 0 Å². The summed E-state index contributed by atoms with van der Waals surface area (Å²) in [7, 11) is 0. The van der Waals surface area contributed by atoms with Crippen LogP contribution in [0.3, 0.4) is 0 Å². The Bertz CT molecular complexity index is 599. The average molecular weight is 305 g/mol. The van der Waals surface area contributed by atoms with Gasteiger partial charge in [-0.3, -0.25) is 0 Å². The highest BCUT2D eigenvalue weighted by atomic mass is 32.1. The van der Waals surface area contributed by atoms with Gasteiger partial charge in [0.1, 0.15) is 5.82 Å². The first-order valence-corrected chi connectivity index (χ1v) is 7.69. The number of rotatable bonds is 6. The van der Waals surface area contributed by atoms with E-state index in [0.29, 0.717) is 23.7 Å². The fourth-order valence-corrected chi connectivity index (χ4v) is 2.80. The van der Waals surface area contributed by atoms with Gasteiger partial charge in [-0.1, -0.05) is 6.07 Å². The van der Waals surface area contributed by atoms with E-state index in [9.17, 15) is 4.79 Å². The third-order valence-corrected chi connectivity index (χ3v) is 3.81. The largest absolute Gasteiger partial charge is 0.462 e. The van der Waals surface area contributed by atoms with Crippen molar-refractivity contribution in [1.82, 2.24) is 4.98 Å². The van der Waals surface area contributed by atoms with Crippen molar-refractivity contribution >= 4 is 28.8 Å². The maximum Gasteiger partial charge on any atom is 0.340 e. The van der Waals surface area contributed by atoms with Crippen molar-refractivity contribution in [1.29, 1.82) is 0 Å². The number of pyridine rings is 1. The normalized spacial score (nSPS) is 11.9. The summed E-state index contributed by atoms with van der Waals surface area (Å²) in [6.45, 7) is 4.15. The zero-order valence-electron chi connectivity index (χ0n) is 12.1. The third-order valence-electron chi connectivity index (χ3n) is 2.91. The molecule has 2 rings (SSSR count). The molecule has 0 aliphatic heterocycles. The number of nitrogen functional groups attached to an aromatic ring is 1. The van der Waals surface area contributed by atoms with Crippen LogP contribution in [0.5, 0.6) is 0 Å². The standard InChI is InChI=1S/C15H19N3O2S/c1-3-20-15(19)12-8-14(17-9-13(12)16)18-10(2)7-11-5-4-6-21-11/h4-6,8-10H,3,7,16H2,1-2H3,(H,17,18). The molecule has 21 heavy (non-hydrogen) atoms. The Hall–Kier alpha value is -2.08. The summed E-state index contributed by atoms with van der Waals surface area (Å²) in [5.74, 6) is 0.197. The van der Waals surface area contributed by atoms with Crippen LogP contribution in [-0.4, -0.2) is 23.6 Å². The van der Waals surface area contributed by atoms with E-state index >= 15 is 0 Å². The Morgan fingerprint density at radius 2 is 2.38 bits per heavy atom. The van der Waals surface area contributed by atoms with Gasteiger partial charge in [0.25, 0.3) is 0 Å². The number of esters is 1. The molecule has 0 radical (unpaired) electrons. The minimum atomic E-state index is -0.425. The molecular formula is C15H19N3O2S. The number of anilines is 2. The average Bonchev–Trinajstić information content (AvgIpc) is 2.94. The zero-order valence-corrected chi connectivity index (χ0v) is 12.9. The van der Waals surface area contributed by atoms with Crippen LogP contribution in [0.15, 0.2) is 29.8 Å². The Kier molecular flexibility index (Phi) is 5.16. The quantitative estimate of drug-likeness (QED) is 0.802. The van der Waals surface area contributed by atoms with Crippen LogP contribution < -0.4 is 11.1 Å². The number of thiophene rings is 1. The minimum Gasteiger partial charge on any atom is -0.462 e. The number of aromatic nitrogens is 1. The Morgan fingerprint density at radius 1 is 1.57 bits per heavy atom. The van der Waals surface area contributed by atoms with Crippen molar-refractivity contribution in [3.63, 3.8) is 0 Å². The number of carbonyl (C=O) groups is 1. The van der Waals surface area contributed by atoms with Crippen molar-refractivity contribution in [3.05, 3.63) is 40.2 Å². The van der Waals surface area contributed by atoms with Crippen LogP contribution in [0.1, 0.15) is 29.1 Å². The highest BCUT2D eigenvalue weighted by Crippen LogP contribution is 2.18.